The Balaban J connectivity index is -0.000000865. The van der Waals surface area contributed by atoms with E-state index in [0.717, 1.165) is 0 Å². The van der Waals surface area contributed by atoms with Gasteiger partial charge in [0.2, 0.25) is 0 Å². The zero-order valence-electron chi connectivity index (χ0n) is 38.7. The van der Waals surface area contributed by atoms with Crippen LogP contribution in [-0.2, 0) is 23.7 Å². The Bertz CT molecular complexity index is 2130. The first-order valence-electron chi connectivity index (χ1n) is 19.0. The quantitative estimate of drug-likeness (QED) is 0.110. The molecule has 0 saturated heterocycles. The van der Waals surface area contributed by atoms with E-state index in [1.165, 1.54) is 60.7 Å². The third kappa shape index (κ3) is 15.0. The standard InChI is InChI=1S/C17H26O5Si.C16H24O5Si.C11H12O5.3CH4/c1-11-12(15(18)20-5)9-10-13(14(11)16(19)21-6)22-23(7,8)17(2,3)4;1-10-11(14(17)18)8-9-12(13(10)15(19)20-5)21-22(6,7)16(2,3)4;1-6-7(10(13)15-2)4-5-8(12)9(6)11(14)16-3;;;/h9-10H,1-8H3;8-9H,1-7H3,(H,17,18);4-5,12H,1-3H3;3*1H4. The number of methoxy groups -OCH3 is 5. The first kappa shape index (κ1) is 62.6. The third-order valence-electron chi connectivity index (χ3n) is 10.8. The zero-order valence-corrected chi connectivity index (χ0v) is 40.7. The van der Waals surface area contributed by atoms with Crippen molar-refractivity contribution in [3.8, 4) is 17.2 Å². The van der Waals surface area contributed by atoms with Crippen molar-refractivity contribution in [2.45, 2.75) is 121 Å². The van der Waals surface area contributed by atoms with Gasteiger partial charge in [-0.2, -0.15) is 0 Å². The summed E-state index contributed by atoms with van der Waals surface area (Å²) < 4.78 is 35.9. The monoisotopic (exact) mass is 934 g/mol. The van der Waals surface area contributed by atoms with Gasteiger partial charge in [0.25, 0.3) is 16.6 Å². The minimum atomic E-state index is -2.16. The SMILES string of the molecule is C.C.C.COC(=O)c1c(O[Si](C)(C)C(C)(C)C)ccc(C(=O)O)c1C.COC(=O)c1ccc(O)c(C(=O)OC)c1C.COC(=O)c1ccc(O[Si](C)(C)C(C)(C)C)c(C(=O)OC)c1C. The Morgan fingerprint density at radius 1 is 0.453 bits per heavy atom. The molecule has 0 atom stereocenters. The maximum absolute atomic E-state index is 12.2. The molecule has 0 spiro atoms. The van der Waals surface area contributed by atoms with Crippen LogP contribution in [0.5, 0.6) is 17.2 Å². The van der Waals surface area contributed by atoms with Crippen molar-refractivity contribution in [2.75, 3.05) is 35.5 Å². The van der Waals surface area contributed by atoms with E-state index < -0.39 is 52.5 Å². The summed E-state index contributed by atoms with van der Waals surface area (Å²) in [6, 6.07) is 8.92. The minimum absolute atomic E-state index is 0. The molecule has 0 radical (unpaired) electrons. The highest BCUT2D eigenvalue weighted by atomic mass is 28.4. The fraction of sp³-hybridized carbons (Fsp3) is 0.489. The summed E-state index contributed by atoms with van der Waals surface area (Å²) in [6.45, 7) is 25.8. The van der Waals surface area contributed by atoms with Crippen LogP contribution in [0, 0.1) is 20.8 Å². The van der Waals surface area contributed by atoms with Crippen LogP contribution in [0.2, 0.25) is 36.3 Å². The third-order valence-corrected chi connectivity index (χ3v) is 19.5. The van der Waals surface area contributed by atoms with Crippen LogP contribution in [0.3, 0.4) is 0 Å². The molecule has 17 heteroatoms. The van der Waals surface area contributed by atoms with Crippen LogP contribution in [0.25, 0.3) is 0 Å². The first-order valence-corrected chi connectivity index (χ1v) is 24.8. The van der Waals surface area contributed by atoms with E-state index in [2.05, 4.69) is 77.2 Å². The predicted molar refractivity (Wildman–Crippen MR) is 255 cm³/mol. The predicted octanol–water partition coefficient (Wildman–Crippen LogP) is 11.0. The number of phenolic OH excluding ortho intramolecular Hbond substituents is 1. The second-order valence-corrected chi connectivity index (χ2v) is 26.3. The molecule has 0 aromatic heterocycles. The number of rotatable bonds is 10. The maximum atomic E-state index is 12.2. The van der Waals surface area contributed by atoms with Crippen LogP contribution in [0.1, 0.15) is 143 Å². The van der Waals surface area contributed by atoms with Crippen LogP contribution in [-0.4, -0.2) is 98.2 Å². The Kier molecular flexibility index (Phi) is 24.4. The highest BCUT2D eigenvalue weighted by Crippen LogP contribution is 2.40. The summed E-state index contributed by atoms with van der Waals surface area (Å²) in [5, 5.41) is 18.7. The summed E-state index contributed by atoms with van der Waals surface area (Å²) in [7, 11) is 2.03. The lowest BCUT2D eigenvalue weighted by Gasteiger charge is -2.37. The second kappa shape index (κ2) is 25.0. The first-order chi connectivity index (χ1) is 27.9. The molecule has 0 fully saturated rings. The molecule has 0 unspecified atom stereocenters. The smallest absolute Gasteiger partial charge is 0.341 e. The van der Waals surface area contributed by atoms with Gasteiger partial charge < -0.3 is 42.7 Å². The molecule has 0 bridgehead atoms. The number of phenols is 1. The van der Waals surface area contributed by atoms with Gasteiger partial charge in [0.05, 0.1) is 52.2 Å². The summed E-state index contributed by atoms with van der Waals surface area (Å²) in [5.41, 5.74) is 2.26. The molecule has 0 amide bonds. The van der Waals surface area contributed by atoms with Crippen LogP contribution >= 0.6 is 0 Å². The molecule has 0 aliphatic heterocycles. The summed E-state index contributed by atoms with van der Waals surface area (Å²) in [6.07, 6.45) is 0. The van der Waals surface area contributed by atoms with Crippen molar-refractivity contribution < 1.29 is 71.5 Å². The molecular formula is C47H74O15Si2. The van der Waals surface area contributed by atoms with Gasteiger partial charge >= 0.3 is 35.8 Å². The van der Waals surface area contributed by atoms with Crippen molar-refractivity contribution >= 4 is 52.5 Å². The molecule has 0 saturated carbocycles. The Morgan fingerprint density at radius 3 is 1.02 bits per heavy atom. The number of hydrogen-bond donors (Lipinski definition) is 2. The average molecular weight is 935 g/mol. The number of aromatic hydroxyl groups is 1. The van der Waals surface area contributed by atoms with E-state index in [9.17, 15) is 39.0 Å². The fourth-order valence-electron chi connectivity index (χ4n) is 5.06. The Morgan fingerprint density at radius 2 is 0.719 bits per heavy atom. The molecule has 0 aliphatic rings. The molecule has 3 aromatic carbocycles. The van der Waals surface area contributed by atoms with E-state index >= 15 is 0 Å². The molecule has 15 nitrogen and oxygen atoms in total. The van der Waals surface area contributed by atoms with E-state index in [4.69, 9.17) is 23.1 Å². The van der Waals surface area contributed by atoms with Gasteiger partial charge in [0.15, 0.2) is 0 Å². The largest absolute Gasteiger partial charge is 0.543 e. The number of hydrogen-bond acceptors (Lipinski definition) is 14. The van der Waals surface area contributed by atoms with E-state index in [1.54, 1.807) is 32.0 Å². The lowest BCUT2D eigenvalue weighted by molar-refractivity contribution is 0.0577. The number of carbonyl (C=O) groups excluding carboxylic acids is 5. The molecule has 3 aromatic rings. The van der Waals surface area contributed by atoms with Gasteiger partial charge in [-0.3, -0.25) is 0 Å². The van der Waals surface area contributed by atoms with Gasteiger partial charge in [-0.15, -0.1) is 0 Å². The van der Waals surface area contributed by atoms with Gasteiger partial charge in [-0.25, -0.2) is 28.8 Å². The maximum Gasteiger partial charge on any atom is 0.341 e. The van der Waals surface area contributed by atoms with Crippen LogP contribution in [0.4, 0.5) is 0 Å². The number of ether oxygens (including phenoxy) is 5. The highest BCUT2D eigenvalue weighted by Gasteiger charge is 2.41. The minimum Gasteiger partial charge on any atom is -0.543 e. The number of carboxylic acids is 1. The molecule has 64 heavy (non-hydrogen) atoms. The Labute approximate surface area is 383 Å². The lowest BCUT2D eigenvalue weighted by atomic mass is 10.0. The van der Waals surface area contributed by atoms with Crippen LogP contribution in [0.15, 0.2) is 36.4 Å². The summed E-state index contributed by atoms with van der Waals surface area (Å²) >= 11 is 0. The number of carboxylic acid groups (broad SMARTS) is 1. The van der Waals surface area contributed by atoms with Crippen molar-refractivity contribution in [3.05, 3.63) is 86.5 Å². The topological polar surface area (TPSA) is 207 Å². The van der Waals surface area contributed by atoms with Gasteiger partial charge in [0, 0.05) is 0 Å². The summed E-state index contributed by atoms with van der Waals surface area (Å²) in [5.74, 6) is -3.33. The Hall–Kier alpha value is -5.69. The number of aromatic carboxylic acids is 1. The normalized spacial score (nSPS) is 10.8. The number of benzene rings is 3. The number of carbonyl (C=O) groups is 6. The van der Waals surface area contributed by atoms with Gasteiger partial charge in [0.1, 0.15) is 33.9 Å². The fourth-order valence-corrected chi connectivity index (χ4v) is 7.11. The number of esters is 5. The van der Waals surface area contributed by atoms with E-state index in [-0.39, 0.29) is 65.9 Å². The lowest BCUT2D eigenvalue weighted by Crippen LogP contribution is -2.44. The highest BCUT2D eigenvalue weighted by molar-refractivity contribution is 6.75. The molecule has 2 N–H and O–H groups in total. The molecule has 360 valence electrons. The van der Waals surface area contributed by atoms with Gasteiger partial charge in [-0.1, -0.05) is 63.8 Å². The van der Waals surface area contributed by atoms with Crippen molar-refractivity contribution in [2.24, 2.45) is 0 Å². The van der Waals surface area contributed by atoms with E-state index in [1.807, 2.05) is 0 Å². The van der Waals surface area contributed by atoms with Crippen molar-refractivity contribution in [3.63, 3.8) is 0 Å². The second-order valence-electron chi connectivity index (χ2n) is 16.8. The summed E-state index contributed by atoms with van der Waals surface area (Å²) in [4.78, 5) is 70.1. The zero-order chi connectivity index (χ0) is 47.6. The average Bonchev–Trinajstić information content (AvgIpc) is 3.16. The van der Waals surface area contributed by atoms with Crippen LogP contribution < -0.4 is 8.85 Å². The molecule has 0 heterocycles. The molecule has 0 aliphatic carbocycles. The van der Waals surface area contributed by atoms with Crippen molar-refractivity contribution in [1.29, 1.82) is 0 Å². The molecular weight excluding hydrogens is 861 g/mol. The molecule has 3 rings (SSSR count). The van der Waals surface area contributed by atoms with Gasteiger partial charge in [-0.05, 0) is 110 Å². The van der Waals surface area contributed by atoms with E-state index in [0.29, 0.717) is 33.8 Å². The van der Waals surface area contributed by atoms with Crippen molar-refractivity contribution in [1.82, 2.24) is 0 Å².